The largest absolute Gasteiger partial charge is 0.497 e. The SMILES string of the molecule is COc1ccc(CNC(=O)c2cc(NCCN3CCOCC3)ccn2)cc1. The third-order valence-corrected chi connectivity index (χ3v) is 4.47. The van der Waals surface area contributed by atoms with Crippen molar-refractivity contribution >= 4 is 11.6 Å². The second-order valence-corrected chi connectivity index (χ2v) is 6.34. The highest BCUT2D eigenvalue weighted by Gasteiger charge is 2.10. The van der Waals surface area contributed by atoms with Crippen LogP contribution in [0.25, 0.3) is 0 Å². The van der Waals surface area contributed by atoms with E-state index < -0.39 is 0 Å². The summed E-state index contributed by atoms with van der Waals surface area (Å²) in [6, 6.07) is 11.3. The summed E-state index contributed by atoms with van der Waals surface area (Å²) in [5, 5.41) is 6.25. The fraction of sp³-hybridized carbons (Fsp3) is 0.400. The number of methoxy groups -OCH3 is 1. The van der Waals surface area contributed by atoms with Crippen LogP contribution in [-0.4, -0.2) is 62.3 Å². The minimum absolute atomic E-state index is 0.192. The van der Waals surface area contributed by atoms with Crippen molar-refractivity contribution in [3.8, 4) is 5.75 Å². The average Bonchev–Trinajstić information content (AvgIpc) is 2.73. The maximum Gasteiger partial charge on any atom is 0.270 e. The van der Waals surface area contributed by atoms with Gasteiger partial charge in [0, 0.05) is 44.6 Å². The zero-order valence-electron chi connectivity index (χ0n) is 15.6. The van der Waals surface area contributed by atoms with Gasteiger partial charge in [-0.2, -0.15) is 0 Å². The number of morpholine rings is 1. The van der Waals surface area contributed by atoms with Crippen LogP contribution in [-0.2, 0) is 11.3 Å². The van der Waals surface area contributed by atoms with E-state index in [0.29, 0.717) is 12.2 Å². The molecule has 1 aliphatic heterocycles. The summed E-state index contributed by atoms with van der Waals surface area (Å²) in [4.78, 5) is 18.9. The fourth-order valence-corrected chi connectivity index (χ4v) is 2.86. The van der Waals surface area contributed by atoms with Crippen LogP contribution in [0.5, 0.6) is 5.75 Å². The van der Waals surface area contributed by atoms with Gasteiger partial charge >= 0.3 is 0 Å². The molecule has 0 radical (unpaired) electrons. The van der Waals surface area contributed by atoms with Crippen LogP contribution in [0.2, 0.25) is 0 Å². The molecule has 1 saturated heterocycles. The summed E-state index contributed by atoms with van der Waals surface area (Å²) in [6.07, 6.45) is 1.65. The molecule has 1 aromatic heterocycles. The van der Waals surface area contributed by atoms with Crippen LogP contribution in [0.3, 0.4) is 0 Å². The second kappa shape index (κ2) is 9.89. The topological polar surface area (TPSA) is 75.7 Å². The first-order chi connectivity index (χ1) is 13.2. The van der Waals surface area contributed by atoms with Crippen molar-refractivity contribution in [2.45, 2.75) is 6.54 Å². The minimum atomic E-state index is -0.192. The molecule has 1 aromatic carbocycles. The zero-order chi connectivity index (χ0) is 18.9. The Morgan fingerprint density at radius 2 is 2.00 bits per heavy atom. The lowest BCUT2D eigenvalue weighted by molar-refractivity contribution is 0.0398. The molecule has 27 heavy (non-hydrogen) atoms. The number of ether oxygens (including phenoxy) is 2. The maximum atomic E-state index is 12.4. The molecule has 1 amide bonds. The number of carbonyl (C=O) groups is 1. The quantitative estimate of drug-likeness (QED) is 0.738. The Balaban J connectivity index is 1.47. The van der Waals surface area contributed by atoms with E-state index in [0.717, 1.165) is 56.4 Å². The number of carbonyl (C=O) groups excluding carboxylic acids is 1. The minimum Gasteiger partial charge on any atom is -0.497 e. The number of amides is 1. The predicted octanol–water partition coefficient (Wildman–Crippen LogP) is 1.76. The highest BCUT2D eigenvalue weighted by atomic mass is 16.5. The molecule has 0 aliphatic carbocycles. The average molecular weight is 370 g/mol. The van der Waals surface area contributed by atoms with Crippen LogP contribution in [0.4, 0.5) is 5.69 Å². The predicted molar refractivity (Wildman–Crippen MR) is 104 cm³/mol. The Hall–Kier alpha value is -2.64. The van der Waals surface area contributed by atoms with Crippen molar-refractivity contribution in [3.05, 3.63) is 53.9 Å². The van der Waals surface area contributed by atoms with Crippen molar-refractivity contribution in [2.24, 2.45) is 0 Å². The second-order valence-electron chi connectivity index (χ2n) is 6.34. The zero-order valence-corrected chi connectivity index (χ0v) is 15.6. The van der Waals surface area contributed by atoms with E-state index >= 15 is 0 Å². The van der Waals surface area contributed by atoms with Gasteiger partial charge in [0.1, 0.15) is 11.4 Å². The number of pyridine rings is 1. The Morgan fingerprint density at radius 1 is 1.22 bits per heavy atom. The molecule has 144 valence electrons. The van der Waals surface area contributed by atoms with E-state index in [-0.39, 0.29) is 5.91 Å². The maximum absolute atomic E-state index is 12.4. The molecular formula is C20H26N4O3. The van der Waals surface area contributed by atoms with Gasteiger partial charge in [0.15, 0.2) is 0 Å². The first-order valence-electron chi connectivity index (χ1n) is 9.16. The lowest BCUT2D eigenvalue weighted by atomic mass is 10.2. The van der Waals surface area contributed by atoms with Crippen LogP contribution in [0, 0.1) is 0 Å². The fourth-order valence-electron chi connectivity index (χ4n) is 2.86. The van der Waals surface area contributed by atoms with E-state index in [1.165, 1.54) is 0 Å². The van der Waals surface area contributed by atoms with Crippen LogP contribution < -0.4 is 15.4 Å². The lowest BCUT2D eigenvalue weighted by Gasteiger charge is -2.26. The first-order valence-corrected chi connectivity index (χ1v) is 9.16. The van der Waals surface area contributed by atoms with E-state index in [1.807, 2.05) is 30.3 Å². The molecule has 3 rings (SSSR count). The molecule has 0 bridgehead atoms. The summed E-state index contributed by atoms with van der Waals surface area (Å²) in [6.45, 7) is 5.75. The van der Waals surface area contributed by atoms with Crippen molar-refractivity contribution in [1.29, 1.82) is 0 Å². The van der Waals surface area contributed by atoms with Gasteiger partial charge in [0.2, 0.25) is 0 Å². The molecule has 0 atom stereocenters. The Kier molecular flexibility index (Phi) is 7.01. The summed E-state index contributed by atoms with van der Waals surface area (Å²) >= 11 is 0. The normalized spacial score (nSPS) is 14.6. The molecule has 2 aromatic rings. The Bertz CT molecular complexity index is 730. The summed E-state index contributed by atoms with van der Waals surface area (Å²) in [5.74, 6) is 0.602. The highest BCUT2D eigenvalue weighted by molar-refractivity contribution is 5.93. The third kappa shape index (κ3) is 5.94. The van der Waals surface area contributed by atoms with Gasteiger partial charge in [0.25, 0.3) is 5.91 Å². The van der Waals surface area contributed by atoms with E-state index in [2.05, 4.69) is 20.5 Å². The van der Waals surface area contributed by atoms with Gasteiger partial charge in [-0.05, 0) is 29.8 Å². The number of rotatable bonds is 8. The number of aromatic nitrogens is 1. The number of anilines is 1. The highest BCUT2D eigenvalue weighted by Crippen LogP contribution is 2.12. The smallest absolute Gasteiger partial charge is 0.270 e. The summed E-state index contributed by atoms with van der Waals surface area (Å²) in [7, 11) is 1.63. The van der Waals surface area contributed by atoms with E-state index in [9.17, 15) is 4.79 Å². The molecule has 2 heterocycles. The monoisotopic (exact) mass is 370 g/mol. The van der Waals surface area contributed by atoms with Crippen molar-refractivity contribution in [2.75, 3.05) is 51.8 Å². The molecule has 1 fully saturated rings. The number of hydrogen-bond acceptors (Lipinski definition) is 6. The first kappa shape index (κ1) is 19.1. The molecule has 7 nitrogen and oxygen atoms in total. The molecule has 0 unspecified atom stereocenters. The van der Waals surface area contributed by atoms with Crippen LogP contribution in [0.15, 0.2) is 42.6 Å². The molecule has 1 aliphatic rings. The van der Waals surface area contributed by atoms with Gasteiger partial charge in [-0.3, -0.25) is 14.7 Å². The van der Waals surface area contributed by atoms with Crippen molar-refractivity contribution in [3.63, 3.8) is 0 Å². The molecule has 0 saturated carbocycles. The lowest BCUT2D eigenvalue weighted by Crippen LogP contribution is -2.39. The van der Waals surface area contributed by atoms with E-state index in [1.54, 1.807) is 19.4 Å². The van der Waals surface area contributed by atoms with E-state index in [4.69, 9.17) is 9.47 Å². The molecule has 7 heteroatoms. The molecule has 0 spiro atoms. The number of hydrogen-bond donors (Lipinski definition) is 2. The number of benzene rings is 1. The summed E-state index contributed by atoms with van der Waals surface area (Å²) in [5.41, 5.74) is 2.30. The van der Waals surface area contributed by atoms with Gasteiger partial charge in [-0.25, -0.2) is 0 Å². The van der Waals surface area contributed by atoms with Gasteiger partial charge < -0.3 is 20.1 Å². The Labute approximate surface area is 159 Å². The number of nitrogens with one attached hydrogen (secondary N) is 2. The van der Waals surface area contributed by atoms with Gasteiger partial charge in [-0.15, -0.1) is 0 Å². The third-order valence-electron chi connectivity index (χ3n) is 4.47. The van der Waals surface area contributed by atoms with Crippen molar-refractivity contribution in [1.82, 2.24) is 15.2 Å². The Morgan fingerprint density at radius 3 is 2.74 bits per heavy atom. The van der Waals surface area contributed by atoms with Gasteiger partial charge in [-0.1, -0.05) is 12.1 Å². The molecule has 2 N–H and O–H groups in total. The standard InChI is InChI=1S/C20H26N4O3/c1-26-18-4-2-16(3-5-18)15-23-20(25)19-14-17(6-7-22-19)21-8-9-24-10-12-27-13-11-24/h2-7,14H,8-13,15H2,1H3,(H,21,22)(H,23,25). The van der Waals surface area contributed by atoms with Crippen molar-refractivity contribution < 1.29 is 14.3 Å². The molecular weight excluding hydrogens is 344 g/mol. The number of nitrogens with zero attached hydrogens (tertiary/aromatic N) is 2. The van der Waals surface area contributed by atoms with Gasteiger partial charge in [0.05, 0.1) is 20.3 Å². The summed E-state index contributed by atoms with van der Waals surface area (Å²) < 4.78 is 10.5. The van der Waals surface area contributed by atoms with Crippen LogP contribution >= 0.6 is 0 Å². The van der Waals surface area contributed by atoms with Crippen LogP contribution in [0.1, 0.15) is 16.1 Å².